The normalized spacial score (nSPS) is 11.1. The number of nitrogens with zero attached hydrogens (tertiary/aromatic N) is 2. The van der Waals surface area contributed by atoms with E-state index in [-0.39, 0.29) is 17.4 Å². The molecule has 3 rings (SSSR count). The summed E-state index contributed by atoms with van der Waals surface area (Å²) >= 11 is 1.57. The quantitative estimate of drug-likeness (QED) is 0.591. The van der Waals surface area contributed by atoms with Crippen LogP contribution in [0.5, 0.6) is 0 Å². The minimum atomic E-state index is -0.0871. The lowest BCUT2D eigenvalue weighted by Crippen LogP contribution is -2.21. The number of fused-ring (bicyclic) bond motifs is 1. The number of nitrogens with one attached hydrogen (secondary N) is 1. The van der Waals surface area contributed by atoms with Crippen molar-refractivity contribution in [3.8, 4) is 0 Å². The van der Waals surface area contributed by atoms with Crippen LogP contribution in [0.25, 0.3) is 5.65 Å². The zero-order valence-corrected chi connectivity index (χ0v) is 17.3. The summed E-state index contributed by atoms with van der Waals surface area (Å²) < 4.78 is 1.55. The maximum Gasteiger partial charge on any atom is 0.258 e. The van der Waals surface area contributed by atoms with Gasteiger partial charge in [-0.1, -0.05) is 26.0 Å². The van der Waals surface area contributed by atoms with Gasteiger partial charge >= 0.3 is 0 Å². The molecule has 0 radical (unpaired) electrons. The third kappa shape index (κ3) is 4.62. The first-order valence-corrected chi connectivity index (χ1v) is 10.5. The number of aromatic nitrogens is 2. The van der Waals surface area contributed by atoms with E-state index in [4.69, 9.17) is 0 Å². The number of pyridine rings is 1. The summed E-state index contributed by atoms with van der Waals surface area (Å²) in [5.41, 5.74) is 3.15. The first-order valence-electron chi connectivity index (χ1n) is 9.53. The van der Waals surface area contributed by atoms with E-state index >= 15 is 0 Å². The Bertz CT molecular complexity index is 1040. The fourth-order valence-corrected chi connectivity index (χ4v) is 3.97. The van der Waals surface area contributed by atoms with Gasteiger partial charge in [0.25, 0.3) is 5.56 Å². The molecule has 0 bridgehead atoms. The predicted octanol–water partition coefficient (Wildman–Crippen LogP) is 4.67. The van der Waals surface area contributed by atoms with E-state index in [1.807, 2.05) is 57.2 Å². The largest absolute Gasteiger partial charge is 0.325 e. The monoisotopic (exact) mass is 395 g/mol. The first kappa shape index (κ1) is 20.1. The lowest BCUT2D eigenvalue weighted by Gasteiger charge is -2.15. The average molecular weight is 396 g/mol. The Morgan fingerprint density at radius 2 is 1.93 bits per heavy atom. The summed E-state index contributed by atoms with van der Waals surface area (Å²) in [6, 6.07) is 13.1. The van der Waals surface area contributed by atoms with Crippen LogP contribution < -0.4 is 10.9 Å². The van der Waals surface area contributed by atoms with Crippen molar-refractivity contribution in [1.29, 1.82) is 0 Å². The Morgan fingerprint density at radius 1 is 1.18 bits per heavy atom. The Kier molecular flexibility index (Phi) is 6.52. The molecule has 28 heavy (non-hydrogen) atoms. The topological polar surface area (TPSA) is 63.5 Å². The molecule has 1 aromatic carbocycles. The number of hydrogen-bond acceptors (Lipinski definition) is 4. The van der Waals surface area contributed by atoms with Crippen LogP contribution in [0, 0.1) is 12.8 Å². The summed E-state index contributed by atoms with van der Waals surface area (Å²) in [4.78, 5) is 30.4. The second-order valence-corrected chi connectivity index (χ2v) is 7.82. The summed E-state index contributed by atoms with van der Waals surface area (Å²) in [6.45, 7) is 6.03. The number of carbonyl (C=O) groups is 1. The van der Waals surface area contributed by atoms with Crippen molar-refractivity contribution in [2.75, 3.05) is 5.32 Å². The molecule has 5 nitrogen and oxygen atoms in total. The average Bonchev–Trinajstić information content (AvgIpc) is 2.68. The molecule has 0 unspecified atom stereocenters. The highest BCUT2D eigenvalue weighted by atomic mass is 32.2. The molecule has 0 aliphatic carbocycles. The van der Waals surface area contributed by atoms with Crippen molar-refractivity contribution in [2.45, 2.75) is 44.3 Å². The van der Waals surface area contributed by atoms with Gasteiger partial charge in [-0.2, -0.15) is 0 Å². The zero-order valence-electron chi connectivity index (χ0n) is 16.4. The number of rotatable bonds is 7. The van der Waals surface area contributed by atoms with Crippen molar-refractivity contribution in [3.05, 3.63) is 70.3 Å². The molecule has 3 aromatic rings. The standard InChI is InChI=1S/C22H25N3O2S/c1-4-16(5-2)22(27)24-18-8-6-7-9-19(18)28-14-17-13-21(26)25-11-10-15(3)12-20(25)23-17/h6-13,16H,4-5,14H2,1-3H3,(H,24,27). The fraction of sp³-hybridized carbons (Fsp3) is 0.318. The van der Waals surface area contributed by atoms with E-state index in [9.17, 15) is 9.59 Å². The van der Waals surface area contributed by atoms with Gasteiger partial charge in [-0.05, 0) is 49.6 Å². The van der Waals surface area contributed by atoms with Crippen LogP contribution in [-0.4, -0.2) is 15.3 Å². The molecular formula is C22H25N3O2S. The maximum absolute atomic E-state index is 12.4. The molecule has 146 valence electrons. The van der Waals surface area contributed by atoms with Crippen LogP contribution in [0.1, 0.15) is 37.9 Å². The number of amides is 1. The second kappa shape index (κ2) is 9.06. The maximum atomic E-state index is 12.4. The van der Waals surface area contributed by atoms with E-state index in [0.717, 1.165) is 34.7 Å². The van der Waals surface area contributed by atoms with Gasteiger partial charge < -0.3 is 5.32 Å². The molecule has 0 aliphatic rings. The molecule has 0 fully saturated rings. The van der Waals surface area contributed by atoms with Gasteiger partial charge in [-0.3, -0.25) is 14.0 Å². The van der Waals surface area contributed by atoms with Gasteiger partial charge in [0.1, 0.15) is 5.65 Å². The highest BCUT2D eigenvalue weighted by Gasteiger charge is 2.15. The van der Waals surface area contributed by atoms with E-state index in [0.29, 0.717) is 11.4 Å². The summed E-state index contributed by atoms with van der Waals surface area (Å²) in [5.74, 6) is 0.622. The van der Waals surface area contributed by atoms with Gasteiger partial charge in [-0.25, -0.2) is 4.98 Å². The van der Waals surface area contributed by atoms with Gasteiger partial charge in [0.05, 0.1) is 11.4 Å². The number of carbonyl (C=O) groups excluding carboxylic acids is 1. The van der Waals surface area contributed by atoms with Crippen LogP contribution in [-0.2, 0) is 10.5 Å². The number of para-hydroxylation sites is 1. The third-order valence-corrected chi connectivity index (χ3v) is 5.86. The minimum absolute atomic E-state index is 0.0171. The Morgan fingerprint density at radius 3 is 2.68 bits per heavy atom. The van der Waals surface area contributed by atoms with E-state index in [1.54, 1.807) is 28.4 Å². The smallest absolute Gasteiger partial charge is 0.258 e. The molecule has 6 heteroatoms. The van der Waals surface area contributed by atoms with Gasteiger partial charge in [0.2, 0.25) is 5.91 Å². The summed E-state index contributed by atoms with van der Waals surface area (Å²) in [5, 5.41) is 3.05. The molecule has 1 amide bonds. The highest BCUT2D eigenvalue weighted by Crippen LogP contribution is 2.30. The third-order valence-electron chi connectivity index (χ3n) is 4.75. The SMILES string of the molecule is CCC(CC)C(=O)Nc1ccccc1SCc1cc(=O)n2ccc(C)cc2n1. The Hall–Kier alpha value is -2.60. The number of thioether (sulfide) groups is 1. The van der Waals surface area contributed by atoms with Crippen molar-refractivity contribution < 1.29 is 4.79 Å². The number of aryl methyl sites for hydroxylation is 1. The van der Waals surface area contributed by atoms with Crippen LogP contribution in [0.2, 0.25) is 0 Å². The molecule has 0 aliphatic heterocycles. The van der Waals surface area contributed by atoms with E-state index in [1.165, 1.54) is 0 Å². The minimum Gasteiger partial charge on any atom is -0.325 e. The Balaban J connectivity index is 1.79. The van der Waals surface area contributed by atoms with Crippen molar-refractivity contribution in [1.82, 2.24) is 9.38 Å². The van der Waals surface area contributed by atoms with Crippen molar-refractivity contribution in [2.24, 2.45) is 5.92 Å². The van der Waals surface area contributed by atoms with E-state index in [2.05, 4.69) is 10.3 Å². The molecule has 0 spiro atoms. The van der Waals surface area contributed by atoms with Crippen LogP contribution in [0.15, 0.2) is 58.4 Å². The molecule has 0 saturated heterocycles. The van der Waals surface area contributed by atoms with Crippen LogP contribution in [0.3, 0.4) is 0 Å². The number of benzene rings is 1. The number of hydrogen-bond donors (Lipinski definition) is 1. The summed E-state index contributed by atoms with van der Waals surface area (Å²) in [7, 11) is 0. The lowest BCUT2D eigenvalue weighted by atomic mass is 10.0. The molecule has 0 atom stereocenters. The van der Waals surface area contributed by atoms with Crippen LogP contribution >= 0.6 is 11.8 Å². The second-order valence-electron chi connectivity index (χ2n) is 6.81. The van der Waals surface area contributed by atoms with Crippen molar-refractivity contribution in [3.63, 3.8) is 0 Å². The highest BCUT2D eigenvalue weighted by molar-refractivity contribution is 7.98. The van der Waals surface area contributed by atoms with Gasteiger partial charge in [0.15, 0.2) is 0 Å². The van der Waals surface area contributed by atoms with Gasteiger partial charge in [0, 0.05) is 28.8 Å². The Labute approximate surface area is 169 Å². The fourth-order valence-electron chi connectivity index (χ4n) is 3.07. The molecular weight excluding hydrogens is 370 g/mol. The summed E-state index contributed by atoms with van der Waals surface area (Å²) in [6.07, 6.45) is 3.39. The first-order chi connectivity index (χ1) is 13.5. The zero-order chi connectivity index (χ0) is 20.1. The number of anilines is 1. The molecule has 1 N–H and O–H groups in total. The van der Waals surface area contributed by atoms with Crippen LogP contribution in [0.4, 0.5) is 5.69 Å². The van der Waals surface area contributed by atoms with E-state index < -0.39 is 0 Å². The molecule has 2 heterocycles. The molecule has 2 aromatic heterocycles. The molecule has 0 saturated carbocycles. The lowest BCUT2D eigenvalue weighted by molar-refractivity contribution is -0.120. The predicted molar refractivity (Wildman–Crippen MR) is 115 cm³/mol. The van der Waals surface area contributed by atoms with Gasteiger partial charge in [-0.15, -0.1) is 11.8 Å². The van der Waals surface area contributed by atoms with Crippen molar-refractivity contribution >= 4 is 29.0 Å².